The Hall–Kier alpha value is -0.506. The molecule has 4 nitrogen and oxygen atoms in total. The van der Waals surface area contributed by atoms with Crippen molar-refractivity contribution in [1.82, 2.24) is 0 Å². The molecular formula is C10H18O4Si2. The van der Waals surface area contributed by atoms with Crippen LogP contribution < -0.4 is 10.4 Å². The maximum Gasteiger partial charge on any atom is 0.366 e. The highest BCUT2D eigenvalue weighted by atomic mass is 28.4. The minimum absolute atomic E-state index is 0.777. The van der Waals surface area contributed by atoms with E-state index < -0.39 is 17.1 Å². The molecule has 2 N–H and O–H groups in total. The summed E-state index contributed by atoms with van der Waals surface area (Å²) in [7, 11) is -2.50. The van der Waals surface area contributed by atoms with E-state index in [2.05, 4.69) is 0 Å². The van der Waals surface area contributed by atoms with Crippen LogP contribution in [0.4, 0.5) is 0 Å². The lowest BCUT2D eigenvalue weighted by Crippen LogP contribution is -2.50. The average Bonchev–Trinajstić information content (AvgIpc) is 2.29. The first-order valence-electron chi connectivity index (χ1n) is 4.99. The van der Waals surface area contributed by atoms with Gasteiger partial charge in [-0.2, -0.15) is 0 Å². The minimum Gasteiger partial charge on any atom is -0.407 e. The minimum atomic E-state index is -2.75. The highest BCUT2D eigenvalue weighted by Gasteiger charge is 2.31. The zero-order valence-corrected chi connectivity index (χ0v) is 12.0. The lowest BCUT2D eigenvalue weighted by atomic mass is 10.4. The summed E-state index contributed by atoms with van der Waals surface area (Å²) in [6.45, 7) is 3.40. The molecule has 0 aliphatic carbocycles. The molecule has 0 spiro atoms. The highest BCUT2D eigenvalue weighted by Crippen LogP contribution is 2.02. The van der Waals surface area contributed by atoms with E-state index in [-0.39, 0.29) is 0 Å². The van der Waals surface area contributed by atoms with E-state index in [1.807, 2.05) is 0 Å². The van der Waals surface area contributed by atoms with Crippen LogP contribution in [0.15, 0.2) is 24.3 Å². The van der Waals surface area contributed by atoms with E-state index in [4.69, 9.17) is 8.85 Å². The van der Waals surface area contributed by atoms with Crippen LogP contribution in [0.25, 0.3) is 0 Å². The third kappa shape index (κ3) is 2.79. The Bertz CT molecular complexity index is 313. The average molecular weight is 258 g/mol. The summed E-state index contributed by atoms with van der Waals surface area (Å²) in [6.07, 6.45) is 0. The van der Waals surface area contributed by atoms with Gasteiger partial charge in [0.2, 0.25) is 0 Å². The quantitative estimate of drug-likeness (QED) is 0.717. The third-order valence-corrected chi connectivity index (χ3v) is 7.15. The van der Waals surface area contributed by atoms with Gasteiger partial charge < -0.3 is 18.4 Å². The Morgan fingerprint density at radius 2 is 1.06 bits per heavy atom. The van der Waals surface area contributed by atoms with Crippen molar-refractivity contribution < 1.29 is 18.4 Å². The lowest BCUT2D eigenvalue weighted by molar-refractivity contribution is 0.312. The van der Waals surface area contributed by atoms with Gasteiger partial charge in [-0.1, -0.05) is 24.3 Å². The fourth-order valence-corrected chi connectivity index (χ4v) is 3.37. The van der Waals surface area contributed by atoms with Crippen LogP contribution in [0.1, 0.15) is 0 Å². The smallest absolute Gasteiger partial charge is 0.366 e. The number of hydrogen-bond donors (Lipinski definition) is 2. The maximum absolute atomic E-state index is 9.98. The van der Waals surface area contributed by atoms with E-state index in [0.29, 0.717) is 0 Å². The molecule has 90 valence electrons. The Balaban J connectivity index is 3.00. The largest absolute Gasteiger partial charge is 0.407 e. The summed E-state index contributed by atoms with van der Waals surface area (Å²) in [6, 6.07) is 7.13. The van der Waals surface area contributed by atoms with E-state index in [9.17, 15) is 9.59 Å². The second kappa shape index (κ2) is 4.78. The van der Waals surface area contributed by atoms with Gasteiger partial charge in [-0.25, -0.2) is 0 Å². The van der Waals surface area contributed by atoms with Crippen molar-refractivity contribution >= 4 is 27.5 Å². The molecule has 2 unspecified atom stereocenters. The molecule has 0 aliphatic rings. The van der Waals surface area contributed by atoms with Gasteiger partial charge in [0.1, 0.15) is 0 Å². The summed E-state index contributed by atoms with van der Waals surface area (Å²) in [4.78, 5) is 20.0. The Morgan fingerprint density at radius 3 is 1.25 bits per heavy atom. The van der Waals surface area contributed by atoms with Gasteiger partial charge in [0, 0.05) is 14.2 Å². The molecule has 0 heterocycles. The molecule has 0 aliphatic heterocycles. The van der Waals surface area contributed by atoms with Crippen LogP contribution in [0.5, 0.6) is 0 Å². The highest BCUT2D eigenvalue weighted by molar-refractivity contribution is 6.80. The molecule has 0 radical (unpaired) electrons. The molecule has 16 heavy (non-hydrogen) atoms. The SMILES string of the molecule is CO[Si](C)(O)c1ccc([Si](C)(O)OC)cc1. The molecule has 1 aromatic rings. The van der Waals surface area contributed by atoms with Crippen LogP contribution in [0.2, 0.25) is 13.1 Å². The van der Waals surface area contributed by atoms with Crippen molar-refractivity contribution in [2.24, 2.45) is 0 Å². The van der Waals surface area contributed by atoms with Gasteiger partial charge in [-0.05, 0) is 23.5 Å². The molecule has 2 atom stereocenters. The second-order valence-corrected chi connectivity index (χ2v) is 9.85. The van der Waals surface area contributed by atoms with Crippen LogP contribution in [-0.4, -0.2) is 40.9 Å². The molecule has 1 rings (SSSR count). The Kier molecular flexibility index (Phi) is 4.05. The van der Waals surface area contributed by atoms with Crippen LogP contribution in [-0.2, 0) is 8.85 Å². The third-order valence-electron chi connectivity index (χ3n) is 2.75. The summed E-state index contributed by atoms with van der Waals surface area (Å²) < 4.78 is 10.2. The molecule has 0 fully saturated rings. The fraction of sp³-hybridized carbons (Fsp3) is 0.400. The van der Waals surface area contributed by atoms with Gasteiger partial charge >= 0.3 is 17.1 Å². The number of benzene rings is 1. The topological polar surface area (TPSA) is 58.9 Å². The standard InChI is InChI=1S/C10H18O4Si2/c1-13-15(3,11)9-5-7-10(8-6-9)16(4,12)14-2/h5-8,11-12H,1-4H3. The second-order valence-electron chi connectivity index (χ2n) is 3.95. The predicted molar refractivity (Wildman–Crippen MR) is 67.4 cm³/mol. The van der Waals surface area contributed by atoms with E-state index in [0.717, 1.165) is 10.4 Å². The van der Waals surface area contributed by atoms with Crippen LogP contribution in [0.3, 0.4) is 0 Å². The van der Waals surface area contributed by atoms with Crippen LogP contribution >= 0.6 is 0 Å². The normalized spacial score (nSPS) is 18.9. The first-order chi connectivity index (χ1) is 7.33. The van der Waals surface area contributed by atoms with Gasteiger partial charge in [0.15, 0.2) is 0 Å². The van der Waals surface area contributed by atoms with E-state index >= 15 is 0 Å². The van der Waals surface area contributed by atoms with Gasteiger partial charge in [0.05, 0.1) is 0 Å². The molecule has 0 saturated heterocycles. The van der Waals surface area contributed by atoms with Gasteiger partial charge in [0.25, 0.3) is 0 Å². The zero-order valence-electron chi connectivity index (χ0n) is 10.0. The molecule has 0 bridgehead atoms. The van der Waals surface area contributed by atoms with Gasteiger partial charge in [-0.3, -0.25) is 0 Å². The van der Waals surface area contributed by atoms with E-state index in [1.54, 1.807) is 37.4 Å². The van der Waals surface area contributed by atoms with Crippen molar-refractivity contribution in [3.8, 4) is 0 Å². The Labute approximate surface area is 98.0 Å². The Morgan fingerprint density at radius 1 is 0.812 bits per heavy atom. The summed E-state index contributed by atoms with van der Waals surface area (Å²) in [5, 5.41) is 1.55. The summed E-state index contributed by atoms with van der Waals surface area (Å²) >= 11 is 0. The van der Waals surface area contributed by atoms with Crippen molar-refractivity contribution in [3.63, 3.8) is 0 Å². The molecule has 0 aromatic heterocycles. The molecule has 6 heteroatoms. The molecule has 0 amide bonds. The van der Waals surface area contributed by atoms with Crippen molar-refractivity contribution in [2.75, 3.05) is 14.2 Å². The number of hydrogen-bond acceptors (Lipinski definition) is 4. The monoisotopic (exact) mass is 258 g/mol. The maximum atomic E-state index is 9.98. The first-order valence-corrected chi connectivity index (χ1v) is 9.70. The molecular weight excluding hydrogens is 240 g/mol. The van der Waals surface area contributed by atoms with Crippen molar-refractivity contribution in [1.29, 1.82) is 0 Å². The first kappa shape index (κ1) is 13.6. The summed E-state index contributed by atoms with van der Waals surface area (Å²) in [5.41, 5.74) is 0. The molecule has 1 aromatic carbocycles. The van der Waals surface area contributed by atoms with Gasteiger partial charge in [-0.15, -0.1) is 0 Å². The fourth-order valence-electron chi connectivity index (χ4n) is 1.32. The predicted octanol–water partition coefficient (Wildman–Crippen LogP) is -0.478. The van der Waals surface area contributed by atoms with Crippen LogP contribution in [0, 0.1) is 0 Å². The van der Waals surface area contributed by atoms with Crippen molar-refractivity contribution in [2.45, 2.75) is 13.1 Å². The lowest BCUT2D eigenvalue weighted by Gasteiger charge is -2.21. The van der Waals surface area contributed by atoms with E-state index in [1.165, 1.54) is 14.2 Å². The summed E-state index contributed by atoms with van der Waals surface area (Å²) in [5.74, 6) is 0. The van der Waals surface area contributed by atoms with Crippen molar-refractivity contribution in [3.05, 3.63) is 24.3 Å². The zero-order chi connectivity index (χ0) is 12.4. The number of rotatable bonds is 4. The molecule has 0 saturated carbocycles.